The minimum Gasteiger partial charge on any atom is -0.497 e. The summed E-state index contributed by atoms with van der Waals surface area (Å²) in [5, 5.41) is -0.291. The second kappa shape index (κ2) is 7.00. The van der Waals surface area contributed by atoms with Gasteiger partial charge in [0.25, 0.3) is 0 Å². The lowest BCUT2D eigenvalue weighted by atomic mass is 10.2. The summed E-state index contributed by atoms with van der Waals surface area (Å²) >= 11 is 5.75. The second-order valence-electron chi connectivity index (χ2n) is 4.82. The number of sulfonamides is 1. The van der Waals surface area contributed by atoms with Gasteiger partial charge in [-0.3, -0.25) is 0 Å². The lowest BCUT2D eigenvalue weighted by Gasteiger charge is -2.12. The highest BCUT2D eigenvalue weighted by atomic mass is 35.5. The summed E-state index contributed by atoms with van der Waals surface area (Å²) in [6.45, 7) is -0.119. The normalized spacial score (nSPS) is 12.2. The Kier molecular flexibility index (Phi) is 5.42. The van der Waals surface area contributed by atoms with Crippen LogP contribution in [0.1, 0.15) is 11.1 Å². The molecular weight excluding hydrogens is 367 g/mol. The lowest BCUT2D eigenvalue weighted by molar-refractivity contribution is -0.137. The number of rotatable bonds is 5. The molecule has 1 N–H and O–H groups in total. The highest BCUT2D eigenvalue weighted by molar-refractivity contribution is 7.89. The van der Waals surface area contributed by atoms with Crippen LogP contribution in [0.15, 0.2) is 47.4 Å². The maximum absolute atomic E-state index is 12.7. The van der Waals surface area contributed by atoms with E-state index in [-0.39, 0.29) is 11.6 Å². The van der Waals surface area contributed by atoms with E-state index in [2.05, 4.69) is 4.72 Å². The molecule has 0 amide bonds. The molecule has 0 aliphatic carbocycles. The average Bonchev–Trinajstić information content (AvgIpc) is 2.52. The van der Waals surface area contributed by atoms with Crippen molar-refractivity contribution in [2.24, 2.45) is 0 Å². The van der Waals surface area contributed by atoms with E-state index in [0.29, 0.717) is 17.4 Å². The number of alkyl halides is 3. The molecule has 0 spiro atoms. The van der Waals surface area contributed by atoms with Gasteiger partial charge in [0.2, 0.25) is 10.0 Å². The minimum atomic E-state index is -4.67. The van der Waals surface area contributed by atoms with Gasteiger partial charge in [-0.1, -0.05) is 23.7 Å². The molecule has 130 valence electrons. The number of halogens is 4. The lowest BCUT2D eigenvalue weighted by Crippen LogP contribution is -2.24. The van der Waals surface area contributed by atoms with Crippen LogP contribution < -0.4 is 9.46 Å². The number of hydrogen-bond donors (Lipinski definition) is 1. The monoisotopic (exact) mass is 379 g/mol. The average molecular weight is 380 g/mol. The fourth-order valence-electron chi connectivity index (χ4n) is 1.92. The van der Waals surface area contributed by atoms with Gasteiger partial charge in [-0.05, 0) is 35.9 Å². The van der Waals surface area contributed by atoms with E-state index < -0.39 is 26.7 Å². The van der Waals surface area contributed by atoms with Crippen molar-refractivity contribution in [1.82, 2.24) is 4.72 Å². The third-order valence-corrected chi connectivity index (χ3v) is 5.03. The number of methoxy groups -OCH3 is 1. The Morgan fingerprint density at radius 3 is 2.50 bits per heavy atom. The van der Waals surface area contributed by atoms with Crippen molar-refractivity contribution in [1.29, 1.82) is 0 Å². The van der Waals surface area contributed by atoms with E-state index in [0.717, 1.165) is 12.1 Å². The second-order valence-corrected chi connectivity index (χ2v) is 6.96. The van der Waals surface area contributed by atoms with Gasteiger partial charge in [-0.2, -0.15) is 13.2 Å². The van der Waals surface area contributed by atoms with Crippen LogP contribution in [0.2, 0.25) is 5.02 Å². The van der Waals surface area contributed by atoms with Crippen LogP contribution in [-0.2, 0) is 22.7 Å². The van der Waals surface area contributed by atoms with Crippen molar-refractivity contribution in [3.05, 3.63) is 58.6 Å². The SMILES string of the molecule is COc1cccc(CNS(=O)(=O)c2cc(C(F)(F)F)ccc2Cl)c1. The Labute approximate surface area is 142 Å². The molecule has 0 atom stereocenters. The van der Waals surface area contributed by atoms with Gasteiger partial charge in [-0.25, -0.2) is 13.1 Å². The van der Waals surface area contributed by atoms with Crippen LogP contribution in [-0.4, -0.2) is 15.5 Å². The molecular formula is C15H13ClF3NO3S. The van der Waals surface area contributed by atoms with Gasteiger partial charge in [0, 0.05) is 6.54 Å². The summed E-state index contributed by atoms with van der Waals surface area (Å²) in [6, 6.07) is 8.75. The van der Waals surface area contributed by atoms with Crippen molar-refractivity contribution >= 4 is 21.6 Å². The molecule has 2 aromatic rings. The van der Waals surface area contributed by atoms with Crippen molar-refractivity contribution < 1.29 is 26.3 Å². The number of nitrogens with one attached hydrogen (secondary N) is 1. The zero-order valence-corrected chi connectivity index (χ0v) is 14.0. The van der Waals surface area contributed by atoms with Crippen LogP contribution in [0, 0.1) is 0 Å². The molecule has 0 fully saturated rings. The Balaban J connectivity index is 2.27. The quantitative estimate of drug-likeness (QED) is 0.858. The van der Waals surface area contributed by atoms with Gasteiger partial charge in [0.15, 0.2) is 0 Å². The molecule has 0 aliphatic rings. The van der Waals surface area contributed by atoms with Crippen molar-refractivity contribution in [2.45, 2.75) is 17.6 Å². The molecule has 0 unspecified atom stereocenters. The zero-order chi connectivity index (χ0) is 18.0. The summed E-state index contributed by atoms with van der Waals surface area (Å²) in [5.74, 6) is 0.531. The molecule has 0 saturated carbocycles. The number of hydrogen-bond acceptors (Lipinski definition) is 3. The summed E-state index contributed by atoms with van der Waals surface area (Å²) in [4.78, 5) is -0.623. The molecule has 0 radical (unpaired) electrons. The standard InChI is InChI=1S/C15H13ClF3NO3S/c1-23-12-4-2-3-10(7-12)9-20-24(21,22)14-8-11(15(17,18)19)5-6-13(14)16/h2-8,20H,9H2,1H3. The predicted molar refractivity (Wildman–Crippen MR) is 83.5 cm³/mol. The maximum Gasteiger partial charge on any atom is 0.416 e. The topological polar surface area (TPSA) is 55.4 Å². The minimum absolute atomic E-state index is 0.119. The van der Waals surface area contributed by atoms with Crippen LogP contribution >= 0.6 is 11.6 Å². The van der Waals surface area contributed by atoms with E-state index in [1.807, 2.05) is 0 Å². The van der Waals surface area contributed by atoms with E-state index in [9.17, 15) is 21.6 Å². The molecule has 0 aromatic heterocycles. The van der Waals surface area contributed by atoms with Gasteiger partial charge in [-0.15, -0.1) is 0 Å². The summed E-state index contributed by atoms with van der Waals surface area (Å²) in [6.07, 6.45) is -4.67. The van der Waals surface area contributed by atoms with Gasteiger partial charge in [0.1, 0.15) is 10.6 Å². The zero-order valence-electron chi connectivity index (χ0n) is 12.4. The molecule has 9 heteroatoms. The number of ether oxygens (including phenoxy) is 1. The van der Waals surface area contributed by atoms with Crippen molar-refractivity contribution in [3.63, 3.8) is 0 Å². The first-order valence-electron chi connectivity index (χ1n) is 6.63. The molecule has 0 saturated heterocycles. The first kappa shape index (κ1) is 18.6. The molecule has 2 aromatic carbocycles. The largest absolute Gasteiger partial charge is 0.497 e. The van der Waals surface area contributed by atoms with Crippen molar-refractivity contribution in [2.75, 3.05) is 7.11 Å². The predicted octanol–water partition coefficient (Wildman–Crippen LogP) is 3.85. The Morgan fingerprint density at radius 2 is 1.88 bits per heavy atom. The van der Waals surface area contributed by atoms with Crippen LogP contribution in [0.4, 0.5) is 13.2 Å². The van der Waals surface area contributed by atoms with Gasteiger partial charge >= 0.3 is 6.18 Å². The Morgan fingerprint density at radius 1 is 1.17 bits per heavy atom. The van der Waals surface area contributed by atoms with Crippen LogP contribution in [0.25, 0.3) is 0 Å². The Bertz CT molecular complexity index is 838. The van der Waals surface area contributed by atoms with Gasteiger partial charge < -0.3 is 4.74 Å². The summed E-state index contributed by atoms with van der Waals surface area (Å²) in [7, 11) is -2.75. The smallest absolute Gasteiger partial charge is 0.416 e. The number of benzene rings is 2. The third-order valence-electron chi connectivity index (χ3n) is 3.15. The van der Waals surface area contributed by atoms with E-state index in [1.165, 1.54) is 7.11 Å². The molecule has 0 bridgehead atoms. The fraction of sp³-hybridized carbons (Fsp3) is 0.200. The maximum atomic E-state index is 12.7. The Hall–Kier alpha value is -1.77. The fourth-order valence-corrected chi connectivity index (χ4v) is 3.47. The van der Waals surface area contributed by atoms with Crippen LogP contribution in [0.3, 0.4) is 0 Å². The van der Waals surface area contributed by atoms with Crippen molar-refractivity contribution in [3.8, 4) is 5.75 Å². The van der Waals surface area contributed by atoms with Gasteiger partial charge in [0.05, 0.1) is 17.7 Å². The first-order valence-corrected chi connectivity index (χ1v) is 8.49. The molecule has 0 aliphatic heterocycles. The molecule has 2 rings (SSSR count). The van der Waals surface area contributed by atoms with E-state index >= 15 is 0 Å². The highest BCUT2D eigenvalue weighted by Crippen LogP contribution is 2.33. The molecule has 4 nitrogen and oxygen atoms in total. The first-order chi connectivity index (χ1) is 11.1. The van der Waals surface area contributed by atoms with E-state index in [4.69, 9.17) is 16.3 Å². The summed E-state index contributed by atoms with van der Waals surface area (Å²) in [5.41, 5.74) is -0.505. The highest BCUT2D eigenvalue weighted by Gasteiger charge is 2.32. The third kappa shape index (κ3) is 4.40. The molecule has 24 heavy (non-hydrogen) atoms. The summed E-state index contributed by atoms with van der Waals surface area (Å²) < 4.78 is 70.0. The molecule has 0 heterocycles. The van der Waals surface area contributed by atoms with E-state index in [1.54, 1.807) is 24.3 Å². The van der Waals surface area contributed by atoms with Crippen LogP contribution in [0.5, 0.6) is 5.75 Å².